The van der Waals surface area contributed by atoms with Crippen molar-refractivity contribution in [1.29, 1.82) is 0 Å². The molecule has 0 bridgehead atoms. The van der Waals surface area contributed by atoms with E-state index in [4.69, 9.17) is 16.7 Å². The van der Waals surface area contributed by atoms with Crippen LogP contribution in [-0.4, -0.2) is 23.5 Å². The number of amides is 1. The summed E-state index contributed by atoms with van der Waals surface area (Å²) < 4.78 is 13.0. The molecular formula is C12H13ClFNO3. The fourth-order valence-electron chi connectivity index (χ4n) is 1.46. The maximum atomic E-state index is 13.0. The van der Waals surface area contributed by atoms with Crippen molar-refractivity contribution >= 4 is 29.2 Å². The normalized spacial score (nSPS) is 10.2. The van der Waals surface area contributed by atoms with Crippen LogP contribution in [0.1, 0.15) is 19.8 Å². The number of hydrogen-bond acceptors (Lipinski definition) is 2. The Hall–Kier alpha value is -1.62. The molecule has 0 saturated carbocycles. The van der Waals surface area contributed by atoms with Gasteiger partial charge in [0.25, 0.3) is 0 Å². The third-order valence-corrected chi connectivity index (χ3v) is 2.56. The van der Waals surface area contributed by atoms with Crippen LogP contribution in [-0.2, 0) is 9.59 Å². The van der Waals surface area contributed by atoms with Gasteiger partial charge in [-0.2, -0.15) is 0 Å². The van der Waals surface area contributed by atoms with Crippen molar-refractivity contribution in [3.8, 4) is 0 Å². The van der Waals surface area contributed by atoms with Crippen LogP contribution in [0.3, 0.4) is 0 Å². The Morgan fingerprint density at radius 2 is 2.11 bits per heavy atom. The molecule has 0 heterocycles. The fraction of sp³-hybridized carbons (Fsp3) is 0.333. The lowest BCUT2D eigenvalue weighted by atomic mass is 10.2. The lowest BCUT2D eigenvalue weighted by molar-refractivity contribution is -0.136. The van der Waals surface area contributed by atoms with Crippen LogP contribution in [0.5, 0.6) is 0 Å². The molecule has 0 atom stereocenters. The first kappa shape index (κ1) is 14.4. The van der Waals surface area contributed by atoms with Crippen molar-refractivity contribution in [3.63, 3.8) is 0 Å². The monoisotopic (exact) mass is 273 g/mol. The minimum atomic E-state index is -1.14. The quantitative estimate of drug-likeness (QED) is 0.897. The van der Waals surface area contributed by atoms with Gasteiger partial charge in [0.1, 0.15) is 12.4 Å². The summed E-state index contributed by atoms with van der Waals surface area (Å²) in [4.78, 5) is 23.6. The summed E-state index contributed by atoms with van der Waals surface area (Å²) in [6, 6.07) is 3.68. The molecule has 1 amide bonds. The van der Waals surface area contributed by atoms with Crippen LogP contribution in [0.2, 0.25) is 5.02 Å². The molecule has 1 aromatic carbocycles. The van der Waals surface area contributed by atoms with Crippen molar-refractivity contribution in [2.24, 2.45) is 0 Å². The van der Waals surface area contributed by atoms with Crippen LogP contribution in [0, 0.1) is 5.82 Å². The van der Waals surface area contributed by atoms with E-state index in [0.29, 0.717) is 6.42 Å². The van der Waals surface area contributed by atoms with Gasteiger partial charge in [-0.05, 0) is 24.6 Å². The Balaban J connectivity index is 3.04. The summed E-state index contributed by atoms with van der Waals surface area (Å²) in [6.07, 6.45) is 0.826. The summed E-state index contributed by atoms with van der Waals surface area (Å²) >= 11 is 5.62. The highest BCUT2D eigenvalue weighted by molar-refractivity contribution is 6.31. The minimum Gasteiger partial charge on any atom is -0.480 e. The van der Waals surface area contributed by atoms with Crippen molar-refractivity contribution in [3.05, 3.63) is 29.0 Å². The van der Waals surface area contributed by atoms with Gasteiger partial charge in [-0.15, -0.1) is 0 Å². The number of carbonyl (C=O) groups is 2. The van der Waals surface area contributed by atoms with E-state index >= 15 is 0 Å². The first-order chi connectivity index (χ1) is 8.45. The van der Waals surface area contributed by atoms with E-state index in [-0.39, 0.29) is 23.0 Å². The fourth-order valence-corrected chi connectivity index (χ4v) is 1.64. The average Bonchev–Trinajstić information content (AvgIpc) is 2.30. The smallest absolute Gasteiger partial charge is 0.323 e. The predicted octanol–water partition coefficient (Wildman–Crippen LogP) is 2.70. The molecule has 0 aliphatic heterocycles. The van der Waals surface area contributed by atoms with Crippen LogP contribution in [0.15, 0.2) is 18.2 Å². The zero-order valence-electron chi connectivity index (χ0n) is 9.82. The second-order valence-corrected chi connectivity index (χ2v) is 4.13. The first-order valence-corrected chi connectivity index (χ1v) is 5.80. The number of hydrogen-bond donors (Lipinski definition) is 1. The van der Waals surface area contributed by atoms with Gasteiger partial charge in [0.15, 0.2) is 0 Å². The van der Waals surface area contributed by atoms with Crippen molar-refractivity contribution in [1.82, 2.24) is 0 Å². The van der Waals surface area contributed by atoms with Gasteiger partial charge in [-0.3, -0.25) is 9.59 Å². The molecule has 0 aromatic heterocycles. The van der Waals surface area contributed by atoms with E-state index in [2.05, 4.69) is 0 Å². The van der Waals surface area contributed by atoms with Crippen molar-refractivity contribution in [2.75, 3.05) is 11.4 Å². The third kappa shape index (κ3) is 3.70. The number of halogens is 2. The average molecular weight is 274 g/mol. The Kier molecular flexibility index (Phi) is 5.09. The summed E-state index contributed by atoms with van der Waals surface area (Å²) in [5.41, 5.74) is 0.280. The van der Waals surface area contributed by atoms with E-state index in [1.165, 1.54) is 12.1 Å². The van der Waals surface area contributed by atoms with Gasteiger partial charge in [0.2, 0.25) is 5.91 Å². The molecule has 0 spiro atoms. The maximum Gasteiger partial charge on any atom is 0.323 e. The van der Waals surface area contributed by atoms with Gasteiger partial charge in [0, 0.05) is 12.1 Å². The lowest BCUT2D eigenvalue weighted by Crippen LogP contribution is -2.35. The Labute approximate surface area is 109 Å². The van der Waals surface area contributed by atoms with Gasteiger partial charge in [0.05, 0.1) is 5.02 Å². The van der Waals surface area contributed by atoms with Crippen LogP contribution < -0.4 is 4.90 Å². The molecule has 4 nitrogen and oxygen atoms in total. The summed E-state index contributed by atoms with van der Waals surface area (Å²) in [6.45, 7) is 1.34. The number of nitrogens with zero attached hydrogens (tertiary/aromatic N) is 1. The third-order valence-electron chi connectivity index (χ3n) is 2.27. The first-order valence-electron chi connectivity index (χ1n) is 5.43. The molecule has 1 N–H and O–H groups in total. The van der Waals surface area contributed by atoms with Gasteiger partial charge < -0.3 is 10.0 Å². The van der Waals surface area contributed by atoms with Crippen molar-refractivity contribution in [2.45, 2.75) is 19.8 Å². The lowest BCUT2D eigenvalue weighted by Gasteiger charge is -2.21. The molecule has 98 valence electrons. The highest BCUT2D eigenvalue weighted by Gasteiger charge is 2.18. The van der Waals surface area contributed by atoms with E-state index < -0.39 is 18.3 Å². The van der Waals surface area contributed by atoms with E-state index in [9.17, 15) is 14.0 Å². The Bertz CT molecular complexity index is 465. The van der Waals surface area contributed by atoms with Crippen LogP contribution in [0.4, 0.5) is 10.1 Å². The molecule has 1 aromatic rings. The summed E-state index contributed by atoms with van der Waals surface area (Å²) in [5, 5.41) is 8.64. The zero-order chi connectivity index (χ0) is 13.7. The maximum absolute atomic E-state index is 13.0. The second kappa shape index (κ2) is 6.35. The molecule has 1 rings (SSSR count). The van der Waals surface area contributed by atoms with Crippen LogP contribution in [0.25, 0.3) is 0 Å². The van der Waals surface area contributed by atoms with Crippen LogP contribution >= 0.6 is 11.6 Å². The number of anilines is 1. The predicted molar refractivity (Wildman–Crippen MR) is 66.3 cm³/mol. The highest BCUT2D eigenvalue weighted by atomic mass is 35.5. The van der Waals surface area contributed by atoms with Gasteiger partial charge in [-0.1, -0.05) is 18.5 Å². The number of carboxylic acid groups (broad SMARTS) is 1. The molecule has 6 heteroatoms. The number of aliphatic carboxylic acids is 1. The van der Waals surface area contributed by atoms with E-state index in [1.807, 2.05) is 6.92 Å². The molecular weight excluding hydrogens is 261 g/mol. The Morgan fingerprint density at radius 1 is 1.44 bits per heavy atom. The van der Waals surface area contributed by atoms with E-state index in [0.717, 1.165) is 11.0 Å². The topological polar surface area (TPSA) is 57.6 Å². The molecule has 0 saturated heterocycles. The number of rotatable bonds is 5. The summed E-state index contributed by atoms with van der Waals surface area (Å²) in [5.74, 6) is -2.08. The molecule has 0 aliphatic rings. The van der Waals surface area contributed by atoms with Gasteiger partial charge >= 0.3 is 5.97 Å². The zero-order valence-corrected chi connectivity index (χ0v) is 10.6. The SMILES string of the molecule is CCCC(=O)N(CC(=O)O)c1ccc(F)c(Cl)c1. The summed E-state index contributed by atoms with van der Waals surface area (Å²) in [7, 11) is 0. The minimum absolute atomic E-state index is 0.146. The largest absolute Gasteiger partial charge is 0.480 e. The number of carboxylic acids is 1. The molecule has 0 fully saturated rings. The second-order valence-electron chi connectivity index (χ2n) is 3.72. The molecule has 0 radical (unpaired) electrons. The standard InChI is InChI=1S/C12H13ClFNO3/c1-2-3-11(16)15(7-12(17)18)8-4-5-10(14)9(13)6-8/h4-6H,2-3,7H2,1H3,(H,17,18). The molecule has 18 heavy (non-hydrogen) atoms. The van der Waals surface area contributed by atoms with Gasteiger partial charge in [-0.25, -0.2) is 4.39 Å². The molecule has 0 unspecified atom stereocenters. The number of benzene rings is 1. The number of carbonyl (C=O) groups excluding carboxylic acids is 1. The molecule has 0 aliphatic carbocycles. The Morgan fingerprint density at radius 3 is 2.61 bits per heavy atom. The van der Waals surface area contributed by atoms with E-state index in [1.54, 1.807) is 0 Å². The highest BCUT2D eigenvalue weighted by Crippen LogP contribution is 2.23. The van der Waals surface area contributed by atoms with Crippen molar-refractivity contribution < 1.29 is 19.1 Å².